The second-order valence-corrected chi connectivity index (χ2v) is 7.11. The average Bonchev–Trinajstić information content (AvgIpc) is 3.36. The molecule has 0 spiro atoms. The summed E-state index contributed by atoms with van der Waals surface area (Å²) < 4.78 is 12.6. The van der Waals surface area contributed by atoms with Gasteiger partial charge in [0.05, 0.1) is 18.5 Å². The Labute approximate surface area is 159 Å². The fourth-order valence-electron chi connectivity index (χ4n) is 2.95. The molecule has 0 unspecified atom stereocenters. The van der Waals surface area contributed by atoms with Gasteiger partial charge in [-0.15, -0.1) is 21.5 Å². The van der Waals surface area contributed by atoms with Crippen LogP contribution in [0.2, 0.25) is 0 Å². The van der Waals surface area contributed by atoms with Gasteiger partial charge in [0.2, 0.25) is 5.89 Å². The number of hydrogen-bond donors (Lipinski definition) is 0. The van der Waals surface area contributed by atoms with Gasteiger partial charge in [-0.1, -0.05) is 6.92 Å². The topological polar surface area (TPSA) is 89.7 Å². The summed E-state index contributed by atoms with van der Waals surface area (Å²) in [5.41, 5.74) is 1.59. The average molecular weight is 385 g/mol. The van der Waals surface area contributed by atoms with Crippen LogP contribution in [0.4, 0.5) is 0 Å². The van der Waals surface area contributed by atoms with Gasteiger partial charge in [0.15, 0.2) is 10.7 Å². The number of aryl methyl sites for hydroxylation is 1. The van der Waals surface area contributed by atoms with Crippen LogP contribution < -0.4 is 5.56 Å². The zero-order valence-corrected chi connectivity index (χ0v) is 15.9. The Morgan fingerprint density at radius 2 is 2.19 bits per heavy atom. The minimum atomic E-state index is -0.0527. The van der Waals surface area contributed by atoms with Crippen molar-refractivity contribution in [2.45, 2.75) is 33.4 Å². The van der Waals surface area contributed by atoms with E-state index >= 15 is 0 Å². The monoisotopic (exact) mass is 385 g/mol. The van der Waals surface area contributed by atoms with Gasteiger partial charge in [0.25, 0.3) is 11.4 Å². The molecule has 4 heterocycles. The molecule has 0 aliphatic heterocycles. The van der Waals surface area contributed by atoms with Gasteiger partial charge in [0, 0.05) is 23.7 Å². The molecule has 140 valence electrons. The van der Waals surface area contributed by atoms with E-state index in [0.29, 0.717) is 35.6 Å². The van der Waals surface area contributed by atoms with Crippen LogP contribution in [0.5, 0.6) is 0 Å². The number of nitrogens with zero attached hydrogens (tertiary/aromatic N) is 5. The number of furan rings is 1. The maximum Gasteiger partial charge on any atom is 0.283 e. The van der Waals surface area contributed by atoms with Crippen LogP contribution in [0.1, 0.15) is 30.6 Å². The maximum atomic E-state index is 12.4. The first-order valence-corrected chi connectivity index (χ1v) is 9.57. The zero-order chi connectivity index (χ0) is 18.8. The molecule has 0 N–H and O–H groups in total. The molecule has 0 atom stereocenters. The Balaban J connectivity index is 1.54. The maximum absolute atomic E-state index is 12.4. The van der Waals surface area contributed by atoms with Gasteiger partial charge in [0.1, 0.15) is 0 Å². The van der Waals surface area contributed by atoms with E-state index in [0.717, 1.165) is 24.4 Å². The summed E-state index contributed by atoms with van der Waals surface area (Å²) in [4.78, 5) is 19.8. The highest BCUT2D eigenvalue weighted by atomic mass is 32.1. The lowest BCUT2D eigenvalue weighted by atomic mass is 10.3. The van der Waals surface area contributed by atoms with Crippen molar-refractivity contribution in [3.8, 4) is 11.7 Å². The Kier molecular flexibility index (Phi) is 4.87. The molecule has 0 bridgehead atoms. The lowest BCUT2D eigenvalue weighted by Crippen LogP contribution is -2.26. The Hall–Kier alpha value is -2.78. The van der Waals surface area contributed by atoms with Crippen molar-refractivity contribution in [3.63, 3.8) is 0 Å². The van der Waals surface area contributed by atoms with E-state index < -0.39 is 0 Å². The molecule has 0 radical (unpaired) electrons. The lowest BCUT2D eigenvalue weighted by Gasteiger charge is -2.19. The van der Waals surface area contributed by atoms with E-state index in [-0.39, 0.29) is 5.56 Å². The number of aromatic nitrogens is 4. The van der Waals surface area contributed by atoms with Crippen molar-refractivity contribution >= 4 is 16.3 Å². The van der Waals surface area contributed by atoms with E-state index in [1.54, 1.807) is 28.9 Å². The molecule has 0 amide bonds. The van der Waals surface area contributed by atoms with Gasteiger partial charge in [-0.3, -0.25) is 14.1 Å². The lowest BCUT2D eigenvalue weighted by molar-refractivity contribution is 0.229. The minimum absolute atomic E-state index is 0.0527. The quantitative estimate of drug-likeness (QED) is 0.483. The third-order valence-corrected chi connectivity index (χ3v) is 5.06. The van der Waals surface area contributed by atoms with Crippen molar-refractivity contribution in [2.24, 2.45) is 0 Å². The van der Waals surface area contributed by atoms with Crippen molar-refractivity contribution < 1.29 is 8.83 Å². The van der Waals surface area contributed by atoms with Crippen LogP contribution in [0.25, 0.3) is 16.6 Å². The van der Waals surface area contributed by atoms with E-state index in [4.69, 9.17) is 8.83 Å². The zero-order valence-electron chi connectivity index (χ0n) is 15.1. The minimum Gasteiger partial charge on any atom is -0.459 e. The van der Waals surface area contributed by atoms with E-state index in [2.05, 4.69) is 27.0 Å². The SMILES string of the molecule is CCCN(Cc1cc(=O)n2c(C)csc2n1)Cc1nnc(-c2ccco2)o1. The van der Waals surface area contributed by atoms with Gasteiger partial charge in [-0.25, -0.2) is 4.98 Å². The molecular formula is C18H19N5O3S. The molecule has 0 saturated carbocycles. The molecule has 0 aliphatic rings. The van der Waals surface area contributed by atoms with Crippen LogP contribution in [0.3, 0.4) is 0 Å². The molecule has 4 aromatic heterocycles. The van der Waals surface area contributed by atoms with Crippen molar-refractivity contribution in [3.05, 3.63) is 57.5 Å². The fraction of sp³-hybridized carbons (Fsp3) is 0.333. The number of rotatable bonds is 7. The first-order valence-electron chi connectivity index (χ1n) is 8.69. The van der Waals surface area contributed by atoms with Crippen LogP contribution in [-0.2, 0) is 13.1 Å². The molecule has 0 saturated heterocycles. The van der Waals surface area contributed by atoms with Gasteiger partial charge >= 0.3 is 0 Å². The predicted molar refractivity (Wildman–Crippen MR) is 100 cm³/mol. The molecule has 9 heteroatoms. The largest absolute Gasteiger partial charge is 0.459 e. The summed E-state index contributed by atoms with van der Waals surface area (Å²) >= 11 is 1.47. The Bertz CT molecular complexity index is 1100. The van der Waals surface area contributed by atoms with E-state index in [9.17, 15) is 4.79 Å². The number of hydrogen-bond acceptors (Lipinski definition) is 8. The van der Waals surface area contributed by atoms with Crippen LogP contribution >= 0.6 is 11.3 Å². The summed E-state index contributed by atoms with van der Waals surface area (Å²) in [6.07, 6.45) is 2.52. The molecule has 0 aromatic carbocycles. The summed E-state index contributed by atoms with van der Waals surface area (Å²) in [6, 6.07) is 5.14. The third kappa shape index (κ3) is 3.69. The van der Waals surface area contributed by atoms with E-state index in [1.807, 2.05) is 12.3 Å². The first kappa shape index (κ1) is 17.6. The van der Waals surface area contributed by atoms with Crippen LogP contribution in [-0.4, -0.2) is 31.0 Å². The second-order valence-electron chi connectivity index (χ2n) is 6.27. The van der Waals surface area contributed by atoms with Crippen molar-refractivity contribution in [1.82, 2.24) is 24.5 Å². The second kappa shape index (κ2) is 7.45. The summed E-state index contributed by atoms with van der Waals surface area (Å²) in [5, 5.41) is 10.1. The third-order valence-electron chi connectivity index (χ3n) is 4.11. The van der Waals surface area contributed by atoms with Crippen molar-refractivity contribution in [1.29, 1.82) is 0 Å². The molecular weight excluding hydrogens is 366 g/mol. The van der Waals surface area contributed by atoms with E-state index in [1.165, 1.54) is 11.3 Å². The molecule has 0 fully saturated rings. The molecule has 4 rings (SSSR count). The van der Waals surface area contributed by atoms with Gasteiger partial charge < -0.3 is 8.83 Å². The number of thiazole rings is 1. The summed E-state index contributed by atoms with van der Waals surface area (Å²) in [6.45, 7) is 5.84. The standard InChI is InChI=1S/C18H19N5O3S/c1-3-6-22(10-15-20-21-17(26-15)14-5-4-7-25-14)9-13-8-16(24)23-12(2)11-27-18(23)19-13/h4-5,7-8,11H,3,6,9-10H2,1-2H3. The van der Waals surface area contributed by atoms with Gasteiger partial charge in [-0.2, -0.15) is 0 Å². The highest BCUT2D eigenvalue weighted by Gasteiger charge is 2.16. The predicted octanol–water partition coefficient (Wildman–Crippen LogP) is 3.12. The molecule has 27 heavy (non-hydrogen) atoms. The van der Waals surface area contributed by atoms with Crippen LogP contribution in [0, 0.1) is 6.92 Å². The summed E-state index contributed by atoms with van der Waals surface area (Å²) in [5.74, 6) is 1.40. The Morgan fingerprint density at radius 3 is 2.96 bits per heavy atom. The highest BCUT2D eigenvalue weighted by molar-refractivity contribution is 7.15. The molecule has 0 aliphatic carbocycles. The summed E-state index contributed by atoms with van der Waals surface area (Å²) in [7, 11) is 0. The Morgan fingerprint density at radius 1 is 1.30 bits per heavy atom. The highest BCUT2D eigenvalue weighted by Crippen LogP contribution is 2.19. The molecule has 8 nitrogen and oxygen atoms in total. The smallest absolute Gasteiger partial charge is 0.283 e. The van der Waals surface area contributed by atoms with Crippen LogP contribution in [0.15, 0.2) is 43.5 Å². The first-order chi connectivity index (χ1) is 13.1. The van der Waals surface area contributed by atoms with Gasteiger partial charge in [-0.05, 0) is 32.0 Å². The normalized spacial score (nSPS) is 11.7. The van der Waals surface area contributed by atoms with Crippen molar-refractivity contribution in [2.75, 3.05) is 6.54 Å². The number of fused-ring (bicyclic) bond motifs is 1. The fourth-order valence-corrected chi connectivity index (χ4v) is 3.84. The molecule has 4 aromatic rings.